The first-order valence-corrected chi connectivity index (χ1v) is 7.61. The molecule has 1 amide bonds. The van der Waals surface area contributed by atoms with Crippen molar-refractivity contribution in [2.24, 2.45) is 5.16 Å². The van der Waals surface area contributed by atoms with Crippen molar-refractivity contribution in [3.05, 3.63) is 35.9 Å². The third-order valence-electron chi connectivity index (χ3n) is 3.19. The molecule has 0 fully saturated rings. The minimum atomic E-state index is -0.370. The molecular formula is C16H26N4O2. The fourth-order valence-corrected chi connectivity index (χ4v) is 2.10. The van der Waals surface area contributed by atoms with Gasteiger partial charge in [-0.3, -0.25) is 4.79 Å². The van der Waals surface area contributed by atoms with Crippen molar-refractivity contribution in [3.63, 3.8) is 0 Å². The monoisotopic (exact) mass is 306 g/mol. The summed E-state index contributed by atoms with van der Waals surface area (Å²) in [7, 11) is 2.13. The zero-order valence-electron chi connectivity index (χ0n) is 13.2. The molecule has 22 heavy (non-hydrogen) atoms. The molecule has 0 spiro atoms. The summed E-state index contributed by atoms with van der Waals surface area (Å²) < 4.78 is 0. The molecule has 0 aliphatic heterocycles. The van der Waals surface area contributed by atoms with E-state index >= 15 is 0 Å². The average Bonchev–Trinajstić information content (AvgIpc) is 2.51. The van der Waals surface area contributed by atoms with Crippen molar-refractivity contribution in [2.45, 2.75) is 19.4 Å². The van der Waals surface area contributed by atoms with Crippen molar-refractivity contribution in [3.8, 4) is 0 Å². The SMILES string of the molecule is CN(CCCNCCCNC(=O)/C=N/O)Cc1ccccc1. The second kappa shape index (κ2) is 11.7. The van der Waals surface area contributed by atoms with Crippen LogP contribution < -0.4 is 10.6 Å². The fraction of sp³-hybridized carbons (Fsp3) is 0.500. The Morgan fingerprint density at radius 2 is 1.95 bits per heavy atom. The summed E-state index contributed by atoms with van der Waals surface area (Å²) in [5.74, 6) is -0.370. The Balaban J connectivity index is 1.94. The summed E-state index contributed by atoms with van der Waals surface area (Å²) in [5, 5.41) is 16.8. The van der Waals surface area contributed by atoms with E-state index in [2.05, 4.69) is 52.0 Å². The van der Waals surface area contributed by atoms with Gasteiger partial charge in [0.05, 0.1) is 0 Å². The first-order chi connectivity index (χ1) is 10.7. The van der Waals surface area contributed by atoms with Crippen molar-refractivity contribution in [1.29, 1.82) is 0 Å². The van der Waals surface area contributed by atoms with Gasteiger partial charge in [0.2, 0.25) is 0 Å². The highest BCUT2D eigenvalue weighted by Gasteiger charge is 1.99. The molecule has 0 radical (unpaired) electrons. The van der Waals surface area contributed by atoms with Crippen molar-refractivity contribution in [1.82, 2.24) is 15.5 Å². The van der Waals surface area contributed by atoms with E-state index in [0.29, 0.717) is 6.54 Å². The molecule has 122 valence electrons. The van der Waals surface area contributed by atoms with Crippen LogP contribution in [0.2, 0.25) is 0 Å². The lowest BCUT2D eigenvalue weighted by Gasteiger charge is -2.16. The number of oxime groups is 1. The maximum absolute atomic E-state index is 11.0. The maximum Gasteiger partial charge on any atom is 0.265 e. The highest BCUT2D eigenvalue weighted by atomic mass is 16.4. The summed E-state index contributed by atoms with van der Waals surface area (Å²) in [6, 6.07) is 10.5. The molecule has 3 N–H and O–H groups in total. The Labute approximate surface area is 132 Å². The number of nitrogens with zero attached hydrogens (tertiary/aromatic N) is 2. The summed E-state index contributed by atoms with van der Waals surface area (Å²) in [5.41, 5.74) is 1.33. The highest BCUT2D eigenvalue weighted by Crippen LogP contribution is 2.02. The van der Waals surface area contributed by atoms with E-state index in [-0.39, 0.29) is 5.91 Å². The van der Waals surface area contributed by atoms with Crippen molar-refractivity contribution < 1.29 is 10.0 Å². The molecule has 0 atom stereocenters. The Bertz CT molecular complexity index is 437. The third-order valence-corrected chi connectivity index (χ3v) is 3.19. The van der Waals surface area contributed by atoms with Crippen LogP contribution in [0.4, 0.5) is 0 Å². The summed E-state index contributed by atoms with van der Waals surface area (Å²) in [4.78, 5) is 13.3. The van der Waals surface area contributed by atoms with Gasteiger partial charge in [0, 0.05) is 13.1 Å². The van der Waals surface area contributed by atoms with E-state index in [0.717, 1.165) is 45.2 Å². The van der Waals surface area contributed by atoms with Crippen molar-refractivity contribution in [2.75, 3.05) is 33.2 Å². The molecule has 0 saturated carbocycles. The standard InChI is InChI=1S/C16H26N4O2/c1-20(14-15-7-3-2-4-8-15)12-6-10-17-9-5-11-18-16(21)13-19-22/h2-4,7-8,13,17,22H,5-6,9-12,14H2,1H3,(H,18,21)/b19-13+. The van der Waals surface area contributed by atoms with E-state index in [1.165, 1.54) is 5.56 Å². The van der Waals surface area contributed by atoms with Gasteiger partial charge in [-0.1, -0.05) is 35.5 Å². The van der Waals surface area contributed by atoms with Gasteiger partial charge < -0.3 is 20.7 Å². The topological polar surface area (TPSA) is 77.0 Å². The minimum Gasteiger partial charge on any atom is -0.411 e. The largest absolute Gasteiger partial charge is 0.411 e. The summed E-state index contributed by atoms with van der Waals surface area (Å²) in [6.45, 7) is 4.42. The molecule has 0 aliphatic rings. The Morgan fingerprint density at radius 3 is 2.68 bits per heavy atom. The van der Waals surface area contributed by atoms with Crippen LogP contribution in [0.1, 0.15) is 18.4 Å². The normalized spacial score (nSPS) is 11.2. The number of nitrogens with one attached hydrogen (secondary N) is 2. The summed E-state index contributed by atoms with van der Waals surface area (Å²) in [6.07, 6.45) is 2.80. The molecular weight excluding hydrogens is 280 g/mol. The number of hydrogen-bond acceptors (Lipinski definition) is 5. The van der Waals surface area contributed by atoms with Crippen LogP contribution in [0.15, 0.2) is 35.5 Å². The molecule has 0 bridgehead atoms. The number of benzene rings is 1. The van der Waals surface area contributed by atoms with E-state index in [1.54, 1.807) is 0 Å². The highest BCUT2D eigenvalue weighted by molar-refractivity contribution is 6.25. The lowest BCUT2D eigenvalue weighted by molar-refractivity contribution is -0.114. The lowest BCUT2D eigenvalue weighted by atomic mass is 10.2. The fourth-order valence-electron chi connectivity index (χ4n) is 2.10. The van der Waals surface area contributed by atoms with Gasteiger partial charge in [0.1, 0.15) is 6.21 Å². The Kier molecular flexibility index (Phi) is 9.65. The molecule has 6 heteroatoms. The van der Waals surface area contributed by atoms with E-state index in [4.69, 9.17) is 5.21 Å². The number of hydrogen-bond donors (Lipinski definition) is 3. The molecule has 1 aromatic rings. The van der Waals surface area contributed by atoms with Gasteiger partial charge in [-0.2, -0.15) is 0 Å². The average molecular weight is 306 g/mol. The zero-order chi connectivity index (χ0) is 16.0. The molecule has 0 unspecified atom stereocenters. The second-order valence-corrected chi connectivity index (χ2v) is 5.22. The first kappa shape index (κ1) is 18.1. The predicted molar refractivity (Wildman–Crippen MR) is 88.2 cm³/mol. The molecule has 6 nitrogen and oxygen atoms in total. The van der Waals surface area contributed by atoms with Gasteiger partial charge in [-0.05, 0) is 45.1 Å². The molecule has 1 aromatic carbocycles. The smallest absolute Gasteiger partial charge is 0.265 e. The van der Waals surface area contributed by atoms with Crippen LogP contribution in [0.3, 0.4) is 0 Å². The van der Waals surface area contributed by atoms with Crippen LogP contribution >= 0.6 is 0 Å². The minimum absolute atomic E-state index is 0.370. The number of carbonyl (C=O) groups is 1. The van der Waals surface area contributed by atoms with Crippen LogP contribution in [-0.2, 0) is 11.3 Å². The first-order valence-electron chi connectivity index (χ1n) is 7.61. The third kappa shape index (κ3) is 9.10. The lowest BCUT2D eigenvalue weighted by Crippen LogP contribution is -2.29. The van der Waals surface area contributed by atoms with Crippen LogP contribution in [0, 0.1) is 0 Å². The molecule has 1 rings (SSSR count). The molecule has 0 aromatic heterocycles. The van der Waals surface area contributed by atoms with E-state index < -0.39 is 0 Å². The quantitative estimate of drug-likeness (QED) is 0.247. The van der Waals surface area contributed by atoms with Crippen LogP contribution in [0.5, 0.6) is 0 Å². The van der Waals surface area contributed by atoms with Gasteiger partial charge in [-0.15, -0.1) is 0 Å². The Morgan fingerprint density at radius 1 is 1.23 bits per heavy atom. The van der Waals surface area contributed by atoms with Gasteiger partial charge >= 0.3 is 0 Å². The molecule has 0 saturated heterocycles. The van der Waals surface area contributed by atoms with E-state index in [9.17, 15) is 4.79 Å². The zero-order valence-corrected chi connectivity index (χ0v) is 13.2. The second-order valence-electron chi connectivity index (χ2n) is 5.22. The van der Waals surface area contributed by atoms with Gasteiger partial charge in [-0.25, -0.2) is 0 Å². The van der Waals surface area contributed by atoms with E-state index in [1.807, 2.05) is 6.07 Å². The number of amides is 1. The number of carbonyl (C=O) groups excluding carboxylic acids is 1. The van der Waals surface area contributed by atoms with Gasteiger partial charge in [0.25, 0.3) is 5.91 Å². The van der Waals surface area contributed by atoms with Crippen LogP contribution in [0.25, 0.3) is 0 Å². The Hall–Kier alpha value is -1.92. The van der Waals surface area contributed by atoms with Crippen molar-refractivity contribution >= 4 is 12.1 Å². The number of rotatable bonds is 11. The molecule has 0 aliphatic carbocycles. The predicted octanol–water partition coefficient (Wildman–Crippen LogP) is 1.06. The maximum atomic E-state index is 11.0. The van der Waals surface area contributed by atoms with Crippen LogP contribution in [-0.4, -0.2) is 55.5 Å². The van der Waals surface area contributed by atoms with Gasteiger partial charge in [0.15, 0.2) is 0 Å². The molecule has 0 heterocycles. The summed E-state index contributed by atoms with van der Waals surface area (Å²) >= 11 is 0.